The number of hydrogen-bond donors (Lipinski definition) is 1. The van der Waals surface area contributed by atoms with Crippen LogP contribution in [0.2, 0.25) is 0 Å². The number of anilines is 1. The lowest BCUT2D eigenvalue weighted by molar-refractivity contribution is -0.385. The van der Waals surface area contributed by atoms with Gasteiger partial charge < -0.3 is 10.1 Å². The third kappa shape index (κ3) is 4.87. The largest absolute Gasteiger partial charge is 0.452 e. The molecule has 0 bridgehead atoms. The van der Waals surface area contributed by atoms with Crippen LogP contribution in [0.1, 0.15) is 21.5 Å². The van der Waals surface area contributed by atoms with Gasteiger partial charge in [0.15, 0.2) is 6.61 Å². The first-order valence-electron chi connectivity index (χ1n) is 7.26. The molecule has 0 aliphatic rings. The molecule has 25 heavy (non-hydrogen) atoms. The summed E-state index contributed by atoms with van der Waals surface area (Å²) in [6.07, 6.45) is 0. The Morgan fingerprint density at radius 3 is 2.52 bits per heavy atom. The first-order chi connectivity index (χ1) is 11.8. The van der Waals surface area contributed by atoms with E-state index in [1.165, 1.54) is 25.1 Å². The number of nitro benzene ring substituents is 1. The van der Waals surface area contributed by atoms with Crippen molar-refractivity contribution in [2.75, 3.05) is 11.9 Å². The smallest absolute Gasteiger partial charge is 0.338 e. The SMILES string of the molecule is Cc1ccc(NC(=O)COC(=O)c2ccc([N+](=O)[O-])c(C)c2)c(Br)c1. The third-order valence-electron chi connectivity index (χ3n) is 3.36. The Morgan fingerprint density at radius 2 is 1.92 bits per heavy atom. The van der Waals surface area contributed by atoms with E-state index in [0.29, 0.717) is 11.3 Å². The highest BCUT2D eigenvalue weighted by atomic mass is 79.9. The molecule has 1 amide bonds. The maximum Gasteiger partial charge on any atom is 0.338 e. The molecule has 0 atom stereocenters. The van der Waals surface area contributed by atoms with Gasteiger partial charge in [-0.05, 0) is 59.6 Å². The van der Waals surface area contributed by atoms with Gasteiger partial charge >= 0.3 is 5.97 Å². The number of nitrogens with one attached hydrogen (secondary N) is 1. The number of halogens is 1. The lowest BCUT2D eigenvalue weighted by Gasteiger charge is -2.09. The van der Waals surface area contributed by atoms with Crippen LogP contribution < -0.4 is 5.32 Å². The molecule has 0 aliphatic carbocycles. The summed E-state index contributed by atoms with van der Waals surface area (Å²) in [4.78, 5) is 34.1. The predicted molar refractivity (Wildman–Crippen MR) is 95.6 cm³/mol. The highest BCUT2D eigenvalue weighted by Crippen LogP contribution is 2.23. The van der Waals surface area contributed by atoms with E-state index >= 15 is 0 Å². The van der Waals surface area contributed by atoms with Gasteiger partial charge in [-0.3, -0.25) is 14.9 Å². The van der Waals surface area contributed by atoms with Crippen molar-refractivity contribution in [1.29, 1.82) is 0 Å². The Kier molecular flexibility index (Phi) is 5.87. The molecule has 2 aromatic rings. The third-order valence-corrected chi connectivity index (χ3v) is 4.02. The zero-order valence-electron chi connectivity index (χ0n) is 13.5. The van der Waals surface area contributed by atoms with E-state index < -0.39 is 23.4 Å². The Labute approximate surface area is 152 Å². The molecule has 2 aromatic carbocycles. The van der Waals surface area contributed by atoms with Crippen LogP contribution in [0.3, 0.4) is 0 Å². The monoisotopic (exact) mass is 406 g/mol. The molecule has 0 heterocycles. The number of hydrogen-bond acceptors (Lipinski definition) is 5. The minimum absolute atomic E-state index is 0.0847. The fourth-order valence-corrected chi connectivity index (χ4v) is 2.70. The van der Waals surface area contributed by atoms with Crippen molar-refractivity contribution in [3.8, 4) is 0 Å². The number of rotatable bonds is 5. The summed E-state index contributed by atoms with van der Waals surface area (Å²) in [6.45, 7) is 2.98. The van der Waals surface area contributed by atoms with Crippen LogP contribution in [0.25, 0.3) is 0 Å². The lowest BCUT2D eigenvalue weighted by atomic mass is 10.1. The highest BCUT2D eigenvalue weighted by Gasteiger charge is 2.16. The van der Waals surface area contributed by atoms with Crippen LogP contribution in [0.5, 0.6) is 0 Å². The first kappa shape index (κ1) is 18.6. The minimum Gasteiger partial charge on any atom is -0.452 e. The standard InChI is InChI=1S/C17H15BrN2O5/c1-10-3-5-14(13(18)7-10)19-16(21)9-25-17(22)12-4-6-15(20(23)24)11(2)8-12/h3-8H,9H2,1-2H3,(H,19,21). The number of amides is 1. The molecule has 0 spiro atoms. The normalized spacial score (nSPS) is 10.2. The second-order valence-corrected chi connectivity index (χ2v) is 6.22. The molecule has 0 unspecified atom stereocenters. The summed E-state index contributed by atoms with van der Waals surface area (Å²) in [6, 6.07) is 9.30. The van der Waals surface area contributed by atoms with E-state index in [-0.39, 0.29) is 11.3 Å². The number of esters is 1. The van der Waals surface area contributed by atoms with E-state index in [2.05, 4.69) is 21.2 Å². The van der Waals surface area contributed by atoms with Crippen molar-refractivity contribution < 1.29 is 19.2 Å². The van der Waals surface area contributed by atoms with Crippen molar-refractivity contribution in [1.82, 2.24) is 0 Å². The molecular formula is C17H15BrN2O5. The molecular weight excluding hydrogens is 392 g/mol. The number of carbonyl (C=O) groups excluding carboxylic acids is 2. The highest BCUT2D eigenvalue weighted by molar-refractivity contribution is 9.10. The maximum absolute atomic E-state index is 12.0. The summed E-state index contributed by atoms with van der Waals surface area (Å²) in [5.41, 5.74) is 2.00. The zero-order chi connectivity index (χ0) is 18.6. The van der Waals surface area contributed by atoms with Crippen LogP contribution in [-0.2, 0) is 9.53 Å². The summed E-state index contributed by atoms with van der Waals surface area (Å²) < 4.78 is 5.67. The van der Waals surface area contributed by atoms with Crippen molar-refractivity contribution in [2.45, 2.75) is 13.8 Å². The minimum atomic E-state index is -0.726. The van der Waals surface area contributed by atoms with Gasteiger partial charge in [-0.25, -0.2) is 4.79 Å². The number of aryl methyl sites for hydroxylation is 2. The fourth-order valence-electron chi connectivity index (χ4n) is 2.11. The van der Waals surface area contributed by atoms with Gasteiger partial charge in [0.1, 0.15) is 0 Å². The van der Waals surface area contributed by atoms with E-state index in [4.69, 9.17) is 4.74 Å². The van der Waals surface area contributed by atoms with Gasteiger partial charge in [0, 0.05) is 16.1 Å². The van der Waals surface area contributed by atoms with Crippen molar-refractivity contribution >= 4 is 39.2 Å². The van der Waals surface area contributed by atoms with Crippen molar-refractivity contribution in [3.05, 3.63) is 67.7 Å². The van der Waals surface area contributed by atoms with Crippen molar-refractivity contribution in [2.24, 2.45) is 0 Å². The molecule has 7 nitrogen and oxygen atoms in total. The molecule has 130 valence electrons. The van der Waals surface area contributed by atoms with Crippen LogP contribution in [-0.4, -0.2) is 23.4 Å². The average Bonchev–Trinajstić information content (AvgIpc) is 2.54. The van der Waals surface area contributed by atoms with E-state index in [1.807, 2.05) is 19.1 Å². The number of nitrogens with zero attached hydrogens (tertiary/aromatic N) is 1. The van der Waals surface area contributed by atoms with E-state index in [9.17, 15) is 19.7 Å². The average molecular weight is 407 g/mol. The van der Waals surface area contributed by atoms with E-state index in [1.54, 1.807) is 6.07 Å². The predicted octanol–water partition coefficient (Wildman–Crippen LogP) is 3.77. The summed E-state index contributed by atoms with van der Waals surface area (Å²) in [5, 5.41) is 13.4. The second-order valence-electron chi connectivity index (χ2n) is 5.37. The molecule has 2 rings (SSSR count). The van der Waals surface area contributed by atoms with Gasteiger partial charge in [0.25, 0.3) is 11.6 Å². The van der Waals surface area contributed by atoms with Gasteiger partial charge in [0.2, 0.25) is 0 Å². The van der Waals surface area contributed by atoms with Gasteiger partial charge in [0.05, 0.1) is 16.2 Å². The molecule has 0 radical (unpaired) electrons. The van der Waals surface area contributed by atoms with Crippen LogP contribution in [0, 0.1) is 24.0 Å². The Hall–Kier alpha value is -2.74. The topological polar surface area (TPSA) is 98.5 Å². The van der Waals surface area contributed by atoms with Crippen LogP contribution in [0.15, 0.2) is 40.9 Å². The molecule has 0 aromatic heterocycles. The zero-order valence-corrected chi connectivity index (χ0v) is 15.1. The van der Waals surface area contributed by atoms with Crippen LogP contribution >= 0.6 is 15.9 Å². The van der Waals surface area contributed by atoms with Gasteiger partial charge in [-0.1, -0.05) is 6.07 Å². The summed E-state index contributed by atoms with van der Waals surface area (Å²) in [7, 11) is 0. The summed E-state index contributed by atoms with van der Waals surface area (Å²) >= 11 is 3.34. The maximum atomic E-state index is 12.0. The Bertz CT molecular complexity index is 851. The fraction of sp³-hybridized carbons (Fsp3) is 0.176. The summed E-state index contributed by atoms with van der Waals surface area (Å²) in [5.74, 6) is -1.22. The first-order valence-corrected chi connectivity index (χ1v) is 8.05. The van der Waals surface area contributed by atoms with Crippen molar-refractivity contribution in [3.63, 3.8) is 0 Å². The Morgan fingerprint density at radius 1 is 1.20 bits per heavy atom. The number of benzene rings is 2. The molecule has 1 N–H and O–H groups in total. The number of ether oxygens (including phenoxy) is 1. The number of nitro groups is 1. The molecule has 0 saturated carbocycles. The molecule has 0 saturated heterocycles. The molecule has 8 heteroatoms. The van der Waals surface area contributed by atoms with Crippen LogP contribution in [0.4, 0.5) is 11.4 Å². The quantitative estimate of drug-likeness (QED) is 0.462. The lowest BCUT2D eigenvalue weighted by Crippen LogP contribution is -2.21. The van der Waals surface area contributed by atoms with Gasteiger partial charge in [-0.2, -0.15) is 0 Å². The van der Waals surface area contributed by atoms with E-state index in [0.717, 1.165) is 10.0 Å². The molecule has 0 aliphatic heterocycles. The number of carbonyl (C=O) groups is 2. The molecule has 0 fully saturated rings. The second kappa shape index (κ2) is 7.89. The Balaban J connectivity index is 1.96. The van der Waals surface area contributed by atoms with Gasteiger partial charge in [-0.15, -0.1) is 0 Å².